The Morgan fingerprint density at radius 1 is 1.07 bits per heavy atom. The molecule has 1 aliphatic rings. The van der Waals surface area contributed by atoms with Crippen LogP contribution in [0.5, 0.6) is 0 Å². The maximum absolute atomic E-state index is 10.5. The molecule has 142 valence electrons. The molecule has 0 saturated carbocycles. The molecular weight excluding hydrogens is 342 g/mol. The second-order valence-electron chi connectivity index (χ2n) is 7.26. The molecule has 0 amide bonds. The summed E-state index contributed by atoms with van der Waals surface area (Å²) < 4.78 is 1.62. The first-order chi connectivity index (χ1) is 13.1. The topological polar surface area (TPSA) is 106 Å². The van der Waals surface area contributed by atoms with Crippen molar-refractivity contribution in [2.24, 2.45) is 0 Å². The number of nitrogens with two attached hydrogens (primary N) is 1. The highest BCUT2D eigenvalue weighted by atomic mass is 16.3. The third-order valence-electron chi connectivity index (χ3n) is 5.00. The number of aliphatic hydroxyl groups is 1. The van der Waals surface area contributed by atoms with E-state index in [-0.39, 0.29) is 0 Å². The van der Waals surface area contributed by atoms with Crippen LogP contribution in [0.15, 0.2) is 24.3 Å². The number of aliphatic hydroxyl groups excluding tert-OH is 1. The first kappa shape index (κ1) is 17.8. The van der Waals surface area contributed by atoms with E-state index in [4.69, 9.17) is 5.73 Å². The van der Waals surface area contributed by atoms with Crippen LogP contribution < -0.4 is 5.73 Å². The van der Waals surface area contributed by atoms with E-state index in [1.54, 1.807) is 4.68 Å². The number of hydrogen-bond acceptors (Lipinski definition) is 7. The number of benzene rings is 1. The minimum absolute atomic E-state index is 0.298. The zero-order valence-corrected chi connectivity index (χ0v) is 15.5. The summed E-state index contributed by atoms with van der Waals surface area (Å²) in [5.74, 6) is 0.835. The number of aryl methyl sites for hydroxylation is 1. The molecule has 8 heteroatoms. The summed E-state index contributed by atoms with van der Waals surface area (Å²) in [6.07, 6.45) is 3.14. The predicted molar refractivity (Wildman–Crippen MR) is 104 cm³/mol. The quantitative estimate of drug-likeness (QED) is 0.706. The van der Waals surface area contributed by atoms with Crippen molar-refractivity contribution in [2.75, 3.05) is 25.4 Å². The van der Waals surface area contributed by atoms with Gasteiger partial charge in [0.1, 0.15) is 0 Å². The Labute approximate surface area is 158 Å². The van der Waals surface area contributed by atoms with Gasteiger partial charge in [0.15, 0.2) is 22.8 Å². The molecule has 1 fully saturated rings. The molecule has 3 heterocycles. The molecular formula is C19H25N7O. The second-order valence-corrected chi connectivity index (χ2v) is 7.26. The third-order valence-corrected chi connectivity index (χ3v) is 5.00. The summed E-state index contributed by atoms with van der Waals surface area (Å²) in [5.41, 5.74) is 9.15. The maximum atomic E-state index is 10.5. The predicted octanol–water partition coefficient (Wildman–Crippen LogP) is 1.63. The standard InChI is InChI=1S/C19H25N7O/c1-13-5-7-14(8-6-13)18-21-17(20)16-19(22-18)26(24-23-16)12-15(27)11-25-9-3-2-4-10-25/h5-8,15,27H,2-4,9-12H2,1H3,(H2,20,21,22). The molecule has 1 aliphatic heterocycles. The van der Waals surface area contributed by atoms with E-state index in [0.29, 0.717) is 35.9 Å². The molecule has 4 rings (SSSR count). The summed E-state index contributed by atoms with van der Waals surface area (Å²) in [5, 5.41) is 18.8. The Morgan fingerprint density at radius 2 is 1.81 bits per heavy atom. The number of fused-ring (bicyclic) bond motifs is 1. The first-order valence-electron chi connectivity index (χ1n) is 9.44. The molecule has 1 atom stereocenters. The smallest absolute Gasteiger partial charge is 0.184 e. The van der Waals surface area contributed by atoms with Crippen molar-refractivity contribution < 1.29 is 5.11 Å². The lowest BCUT2D eigenvalue weighted by atomic mass is 10.1. The van der Waals surface area contributed by atoms with Gasteiger partial charge in [-0.2, -0.15) is 0 Å². The van der Waals surface area contributed by atoms with E-state index in [2.05, 4.69) is 25.2 Å². The highest BCUT2D eigenvalue weighted by Crippen LogP contribution is 2.22. The highest BCUT2D eigenvalue weighted by molar-refractivity contribution is 5.83. The molecule has 3 aromatic rings. The van der Waals surface area contributed by atoms with Crippen molar-refractivity contribution in [1.29, 1.82) is 0 Å². The highest BCUT2D eigenvalue weighted by Gasteiger charge is 2.19. The normalized spacial score (nSPS) is 16.7. The monoisotopic (exact) mass is 367 g/mol. The average Bonchev–Trinajstić information content (AvgIpc) is 3.06. The molecule has 3 N–H and O–H groups in total. The molecule has 1 aromatic carbocycles. The Balaban J connectivity index is 1.58. The largest absolute Gasteiger partial charge is 0.390 e. The van der Waals surface area contributed by atoms with Crippen LogP contribution in [0.4, 0.5) is 5.82 Å². The van der Waals surface area contributed by atoms with E-state index >= 15 is 0 Å². The molecule has 0 radical (unpaired) electrons. The van der Waals surface area contributed by atoms with Gasteiger partial charge in [0.25, 0.3) is 0 Å². The Bertz CT molecular complexity index is 916. The van der Waals surface area contributed by atoms with E-state index < -0.39 is 6.10 Å². The number of piperidine rings is 1. The molecule has 0 aliphatic carbocycles. The van der Waals surface area contributed by atoms with Crippen LogP contribution in [0.25, 0.3) is 22.6 Å². The maximum Gasteiger partial charge on any atom is 0.184 e. The summed E-state index contributed by atoms with van der Waals surface area (Å²) >= 11 is 0. The average molecular weight is 367 g/mol. The molecule has 0 bridgehead atoms. The molecule has 2 aromatic heterocycles. The van der Waals surface area contributed by atoms with Crippen LogP contribution in [-0.4, -0.2) is 60.7 Å². The van der Waals surface area contributed by atoms with E-state index in [1.807, 2.05) is 31.2 Å². The zero-order chi connectivity index (χ0) is 18.8. The van der Waals surface area contributed by atoms with E-state index in [1.165, 1.54) is 24.8 Å². The number of likely N-dealkylation sites (tertiary alicyclic amines) is 1. The molecule has 27 heavy (non-hydrogen) atoms. The van der Waals surface area contributed by atoms with Gasteiger partial charge in [-0.25, -0.2) is 14.6 Å². The number of nitrogens with zero attached hydrogens (tertiary/aromatic N) is 6. The molecule has 0 spiro atoms. The Morgan fingerprint density at radius 3 is 2.56 bits per heavy atom. The van der Waals surface area contributed by atoms with Crippen LogP contribution in [0.1, 0.15) is 24.8 Å². The first-order valence-corrected chi connectivity index (χ1v) is 9.44. The molecule has 1 saturated heterocycles. The van der Waals surface area contributed by atoms with Gasteiger partial charge in [-0.3, -0.25) is 0 Å². The van der Waals surface area contributed by atoms with Gasteiger partial charge in [-0.05, 0) is 32.9 Å². The minimum Gasteiger partial charge on any atom is -0.390 e. The number of rotatable bonds is 5. The van der Waals surface area contributed by atoms with E-state index in [9.17, 15) is 5.11 Å². The van der Waals surface area contributed by atoms with Crippen molar-refractivity contribution in [3.8, 4) is 11.4 Å². The fourth-order valence-electron chi connectivity index (χ4n) is 3.53. The molecule has 8 nitrogen and oxygen atoms in total. The Hall–Kier alpha value is -2.58. The summed E-state index contributed by atoms with van der Waals surface area (Å²) in [6, 6.07) is 7.96. The van der Waals surface area contributed by atoms with Crippen molar-refractivity contribution in [1.82, 2.24) is 29.9 Å². The fourth-order valence-corrected chi connectivity index (χ4v) is 3.53. The van der Waals surface area contributed by atoms with Crippen LogP contribution in [-0.2, 0) is 6.54 Å². The summed E-state index contributed by atoms with van der Waals surface area (Å²) in [7, 11) is 0. The van der Waals surface area contributed by atoms with Gasteiger partial charge in [-0.15, -0.1) is 5.10 Å². The lowest BCUT2D eigenvalue weighted by Gasteiger charge is -2.28. The van der Waals surface area contributed by atoms with Crippen molar-refractivity contribution >= 4 is 17.0 Å². The van der Waals surface area contributed by atoms with Crippen LogP contribution in [0, 0.1) is 6.92 Å². The number of anilines is 1. The van der Waals surface area contributed by atoms with E-state index in [0.717, 1.165) is 18.7 Å². The van der Waals surface area contributed by atoms with Crippen molar-refractivity contribution in [3.63, 3.8) is 0 Å². The minimum atomic E-state index is -0.535. The third kappa shape index (κ3) is 3.91. The van der Waals surface area contributed by atoms with Gasteiger partial charge < -0.3 is 15.7 Å². The lowest BCUT2D eigenvalue weighted by molar-refractivity contribution is 0.0860. The van der Waals surface area contributed by atoms with Crippen LogP contribution in [0.3, 0.4) is 0 Å². The number of nitrogen functional groups attached to an aromatic ring is 1. The zero-order valence-electron chi connectivity index (χ0n) is 15.5. The lowest BCUT2D eigenvalue weighted by Crippen LogP contribution is -2.38. The van der Waals surface area contributed by atoms with Crippen molar-refractivity contribution in [2.45, 2.75) is 38.8 Å². The molecule has 1 unspecified atom stereocenters. The SMILES string of the molecule is Cc1ccc(-c2nc(N)c3nnn(CC(O)CN4CCCCC4)c3n2)cc1. The fraction of sp³-hybridized carbons (Fsp3) is 0.474. The van der Waals surface area contributed by atoms with Gasteiger partial charge >= 0.3 is 0 Å². The number of β-amino-alcohol motifs (C(OH)–C–C–N with tert-alkyl or cyclic N) is 1. The van der Waals surface area contributed by atoms with Gasteiger partial charge in [0.05, 0.1) is 12.6 Å². The van der Waals surface area contributed by atoms with Gasteiger partial charge in [0.2, 0.25) is 0 Å². The summed E-state index contributed by atoms with van der Waals surface area (Å²) in [4.78, 5) is 11.3. The van der Waals surface area contributed by atoms with Crippen LogP contribution in [0.2, 0.25) is 0 Å². The van der Waals surface area contributed by atoms with Crippen LogP contribution >= 0.6 is 0 Å². The number of aromatic nitrogens is 5. The second kappa shape index (κ2) is 7.58. The summed E-state index contributed by atoms with van der Waals surface area (Å²) in [6.45, 7) is 5.08. The van der Waals surface area contributed by atoms with Gasteiger partial charge in [-0.1, -0.05) is 41.5 Å². The van der Waals surface area contributed by atoms with Gasteiger partial charge in [0, 0.05) is 12.1 Å². The van der Waals surface area contributed by atoms with Crippen molar-refractivity contribution in [3.05, 3.63) is 29.8 Å². The number of hydrogen-bond donors (Lipinski definition) is 2. The Kier molecular flexibility index (Phi) is 5.00.